The van der Waals surface area contributed by atoms with Gasteiger partial charge in [0.25, 0.3) is 0 Å². The maximum atomic E-state index is 11.2. The van der Waals surface area contributed by atoms with Crippen LogP contribution in [0.25, 0.3) is 0 Å². The van der Waals surface area contributed by atoms with Crippen molar-refractivity contribution < 1.29 is 5.11 Å². The van der Waals surface area contributed by atoms with E-state index < -0.39 is 5.60 Å². The van der Waals surface area contributed by atoms with Crippen LogP contribution in [0.1, 0.15) is 38.5 Å². The molecule has 0 spiro atoms. The molecule has 0 bridgehead atoms. The number of aliphatic hydroxyl groups is 1. The molecule has 1 aromatic heterocycles. The number of benzene rings is 1. The molecule has 0 amide bonds. The van der Waals surface area contributed by atoms with E-state index in [1.165, 1.54) is 24.6 Å². The molecule has 1 aliphatic rings. The molecule has 0 radical (unpaired) electrons. The lowest BCUT2D eigenvalue weighted by molar-refractivity contribution is 0.0338. The molecule has 1 aromatic carbocycles. The fourth-order valence-corrected chi connectivity index (χ4v) is 3.82. The van der Waals surface area contributed by atoms with Crippen molar-refractivity contribution in [1.29, 1.82) is 0 Å². The number of rotatable bonds is 5. The van der Waals surface area contributed by atoms with E-state index in [-0.39, 0.29) is 0 Å². The third-order valence-electron chi connectivity index (χ3n) is 4.70. The molecule has 2 aromatic rings. The van der Waals surface area contributed by atoms with E-state index in [1.54, 1.807) is 6.20 Å². The van der Waals surface area contributed by atoms with E-state index in [4.69, 9.17) is 11.6 Å². The molecule has 1 aliphatic carbocycles. The number of hydrogen-bond donors (Lipinski definition) is 1. The zero-order valence-electron chi connectivity index (χ0n) is 14.5. The summed E-state index contributed by atoms with van der Waals surface area (Å²) in [7, 11) is 0. The van der Waals surface area contributed by atoms with E-state index in [2.05, 4.69) is 14.9 Å². The lowest BCUT2D eigenvalue weighted by atomic mass is 9.93. The summed E-state index contributed by atoms with van der Waals surface area (Å²) in [4.78, 5) is 11.0. The van der Waals surface area contributed by atoms with Crippen molar-refractivity contribution in [2.24, 2.45) is 0 Å². The fourth-order valence-electron chi connectivity index (χ4n) is 3.35. The lowest BCUT2D eigenvalue weighted by Crippen LogP contribution is -2.41. The van der Waals surface area contributed by atoms with Crippen LogP contribution in [-0.4, -0.2) is 33.5 Å². The zero-order valence-corrected chi connectivity index (χ0v) is 16.1. The first-order valence-electron chi connectivity index (χ1n) is 8.72. The highest BCUT2D eigenvalue weighted by atomic mass is 35.5. The largest absolute Gasteiger partial charge is 0.388 e. The Bertz CT molecular complexity index is 687. The number of nitrogens with zero attached hydrogens (tertiary/aromatic N) is 3. The summed E-state index contributed by atoms with van der Waals surface area (Å²) in [6.45, 7) is 0.527. The van der Waals surface area contributed by atoms with Gasteiger partial charge in [0.1, 0.15) is 5.82 Å². The maximum Gasteiger partial charge on any atom is 0.189 e. The normalized spacial score (nSPS) is 17.1. The first-order valence-corrected chi connectivity index (χ1v) is 10.3. The average Bonchev–Trinajstić information content (AvgIpc) is 2.85. The number of thioether (sulfide) groups is 1. The molecule has 0 unspecified atom stereocenters. The van der Waals surface area contributed by atoms with Crippen molar-refractivity contribution in [2.45, 2.75) is 49.3 Å². The Kier molecular flexibility index (Phi) is 6.20. The monoisotopic (exact) mass is 377 g/mol. The van der Waals surface area contributed by atoms with Gasteiger partial charge >= 0.3 is 0 Å². The molecule has 1 saturated carbocycles. The molecular formula is C19H24ClN3OS. The molecule has 134 valence electrons. The maximum absolute atomic E-state index is 11.2. The summed E-state index contributed by atoms with van der Waals surface area (Å²) in [5, 5.41) is 12.6. The molecule has 3 rings (SSSR count). The summed E-state index contributed by atoms with van der Waals surface area (Å²) in [5.74, 6) is 0.805. The molecular weight excluding hydrogens is 354 g/mol. The van der Waals surface area contributed by atoms with Crippen LogP contribution in [0, 0.1) is 0 Å². The quantitative estimate of drug-likeness (QED) is 0.447. The van der Waals surface area contributed by atoms with Crippen molar-refractivity contribution >= 4 is 34.9 Å². The van der Waals surface area contributed by atoms with Gasteiger partial charge in [0.2, 0.25) is 0 Å². The Balaban J connectivity index is 1.94. The highest BCUT2D eigenvalue weighted by molar-refractivity contribution is 7.98. The lowest BCUT2D eigenvalue weighted by Gasteiger charge is -2.34. The van der Waals surface area contributed by atoms with Gasteiger partial charge in [-0.25, -0.2) is 9.97 Å². The molecule has 0 saturated heterocycles. The first-order chi connectivity index (χ1) is 12.1. The summed E-state index contributed by atoms with van der Waals surface area (Å²) < 4.78 is 0. The van der Waals surface area contributed by atoms with Crippen LogP contribution in [-0.2, 0) is 0 Å². The number of hydrogen-bond acceptors (Lipinski definition) is 5. The van der Waals surface area contributed by atoms with Gasteiger partial charge in [-0.2, -0.15) is 0 Å². The minimum atomic E-state index is -0.694. The highest BCUT2D eigenvalue weighted by Crippen LogP contribution is 2.33. The fraction of sp³-hybridized carbons (Fsp3) is 0.474. The Morgan fingerprint density at radius 3 is 2.44 bits per heavy atom. The second-order valence-electron chi connectivity index (χ2n) is 6.60. The Labute approximate surface area is 158 Å². The van der Waals surface area contributed by atoms with E-state index in [0.717, 1.165) is 42.3 Å². The van der Waals surface area contributed by atoms with Crippen LogP contribution >= 0.6 is 23.4 Å². The molecule has 25 heavy (non-hydrogen) atoms. The van der Waals surface area contributed by atoms with Gasteiger partial charge in [0.15, 0.2) is 5.16 Å². The third kappa shape index (κ3) is 4.87. The van der Waals surface area contributed by atoms with E-state index in [0.29, 0.717) is 11.6 Å². The SMILES string of the molecule is CSc1nccc(N(CC2(O)CCCCCC2)c2ccc(Cl)cc2)n1. The topological polar surface area (TPSA) is 49.2 Å². The minimum Gasteiger partial charge on any atom is -0.388 e. The zero-order chi connectivity index (χ0) is 17.7. The smallest absolute Gasteiger partial charge is 0.189 e. The summed E-state index contributed by atoms with van der Waals surface area (Å²) in [6.07, 6.45) is 9.95. The van der Waals surface area contributed by atoms with E-state index in [1.807, 2.05) is 36.6 Å². The highest BCUT2D eigenvalue weighted by Gasteiger charge is 2.31. The number of aromatic nitrogens is 2. The molecule has 4 nitrogen and oxygen atoms in total. The second kappa shape index (κ2) is 8.39. The van der Waals surface area contributed by atoms with Crippen LogP contribution < -0.4 is 4.90 Å². The van der Waals surface area contributed by atoms with Crippen molar-refractivity contribution in [3.63, 3.8) is 0 Å². The van der Waals surface area contributed by atoms with Crippen molar-refractivity contribution in [3.8, 4) is 0 Å². The van der Waals surface area contributed by atoms with Gasteiger partial charge in [-0.05, 0) is 49.4 Å². The summed E-state index contributed by atoms with van der Waals surface area (Å²) in [6, 6.07) is 9.59. The molecule has 0 aliphatic heterocycles. The molecule has 1 heterocycles. The van der Waals surface area contributed by atoms with Crippen LogP contribution in [0.5, 0.6) is 0 Å². The van der Waals surface area contributed by atoms with Crippen LogP contribution in [0.3, 0.4) is 0 Å². The van der Waals surface area contributed by atoms with E-state index in [9.17, 15) is 5.11 Å². The molecule has 0 atom stereocenters. The van der Waals surface area contributed by atoms with Gasteiger partial charge in [0.05, 0.1) is 12.1 Å². The predicted molar refractivity (Wildman–Crippen MR) is 105 cm³/mol. The van der Waals surface area contributed by atoms with Gasteiger partial charge in [0, 0.05) is 16.9 Å². The second-order valence-corrected chi connectivity index (χ2v) is 7.81. The van der Waals surface area contributed by atoms with E-state index >= 15 is 0 Å². The minimum absolute atomic E-state index is 0.527. The number of anilines is 2. The Morgan fingerprint density at radius 2 is 1.80 bits per heavy atom. The van der Waals surface area contributed by atoms with Gasteiger partial charge < -0.3 is 10.0 Å². The first kappa shape index (κ1) is 18.5. The summed E-state index contributed by atoms with van der Waals surface area (Å²) >= 11 is 7.57. The van der Waals surface area contributed by atoms with Gasteiger partial charge in [-0.1, -0.05) is 49.0 Å². The predicted octanol–water partition coefficient (Wildman–Crippen LogP) is 5.08. The van der Waals surface area contributed by atoms with Crippen LogP contribution in [0.4, 0.5) is 11.5 Å². The van der Waals surface area contributed by atoms with Crippen molar-refractivity contribution in [2.75, 3.05) is 17.7 Å². The van der Waals surface area contributed by atoms with Crippen molar-refractivity contribution in [1.82, 2.24) is 9.97 Å². The molecule has 1 N–H and O–H groups in total. The van der Waals surface area contributed by atoms with Gasteiger partial charge in [-0.15, -0.1) is 0 Å². The third-order valence-corrected chi connectivity index (χ3v) is 5.52. The number of halogens is 1. The van der Waals surface area contributed by atoms with Crippen LogP contribution in [0.15, 0.2) is 41.7 Å². The standard InChI is InChI=1S/C19H24ClN3OS/c1-25-18-21-13-10-17(22-18)23(16-8-6-15(20)7-9-16)14-19(24)11-4-2-3-5-12-19/h6-10,13,24H,2-5,11-12,14H2,1H3. The Hall–Kier alpha value is -1.30. The van der Waals surface area contributed by atoms with Crippen molar-refractivity contribution in [3.05, 3.63) is 41.6 Å². The molecule has 6 heteroatoms. The molecule has 1 fully saturated rings. The van der Waals surface area contributed by atoms with Gasteiger partial charge in [-0.3, -0.25) is 0 Å². The summed E-state index contributed by atoms with van der Waals surface area (Å²) in [5.41, 5.74) is 0.286. The Morgan fingerprint density at radius 1 is 1.12 bits per heavy atom. The van der Waals surface area contributed by atoms with Crippen LogP contribution in [0.2, 0.25) is 5.02 Å². The average molecular weight is 378 g/mol.